The zero-order valence-electron chi connectivity index (χ0n) is 19.7. The smallest absolute Gasteiger partial charge is 0.184 e. The number of hydrogen-bond donors (Lipinski definition) is 2. The fourth-order valence-electron chi connectivity index (χ4n) is 4.06. The van der Waals surface area contributed by atoms with Crippen LogP contribution in [0.3, 0.4) is 0 Å². The van der Waals surface area contributed by atoms with E-state index in [0.717, 1.165) is 22.4 Å². The molecule has 0 spiro atoms. The lowest BCUT2D eigenvalue weighted by Crippen LogP contribution is -2.61. The molecule has 1 aliphatic rings. The number of benzene rings is 3. The zero-order chi connectivity index (χ0) is 24.5. The van der Waals surface area contributed by atoms with Crippen molar-refractivity contribution >= 4 is 0 Å². The molecule has 0 bridgehead atoms. The second-order valence-electron chi connectivity index (χ2n) is 8.39. The predicted octanol–water partition coefficient (Wildman–Crippen LogP) is 3.46. The first-order valence-electron chi connectivity index (χ1n) is 11.7. The summed E-state index contributed by atoms with van der Waals surface area (Å²) in [4.78, 5) is 0. The van der Waals surface area contributed by atoms with Crippen molar-refractivity contribution in [2.75, 3.05) is 13.7 Å². The van der Waals surface area contributed by atoms with Gasteiger partial charge in [0, 0.05) is 0 Å². The van der Waals surface area contributed by atoms with Gasteiger partial charge in [0.05, 0.1) is 33.5 Å². The van der Waals surface area contributed by atoms with Gasteiger partial charge >= 0.3 is 0 Å². The van der Waals surface area contributed by atoms with Crippen molar-refractivity contribution in [3.8, 4) is 5.75 Å². The number of aliphatic hydroxyl groups excluding tert-OH is 2. The van der Waals surface area contributed by atoms with E-state index >= 15 is 0 Å². The molecule has 1 fully saturated rings. The van der Waals surface area contributed by atoms with E-state index in [9.17, 15) is 10.2 Å². The van der Waals surface area contributed by atoms with E-state index in [2.05, 4.69) is 0 Å². The first-order valence-corrected chi connectivity index (χ1v) is 11.7. The van der Waals surface area contributed by atoms with E-state index < -0.39 is 30.7 Å². The Hall–Kier alpha value is -2.78. The van der Waals surface area contributed by atoms with Gasteiger partial charge in [-0.1, -0.05) is 72.8 Å². The van der Waals surface area contributed by atoms with E-state index in [1.54, 1.807) is 7.11 Å². The summed E-state index contributed by atoms with van der Waals surface area (Å²) in [5.41, 5.74) is 2.86. The summed E-state index contributed by atoms with van der Waals surface area (Å²) in [6.07, 6.45) is -4.23. The fraction of sp³-hybridized carbons (Fsp3) is 0.357. The Morgan fingerprint density at radius 1 is 0.657 bits per heavy atom. The van der Waals surface area contributed by atoms with Crippen molar-refractivity contribution in [2.45, 2.75) is 50.5 Å². The van der Waals surface area contributed by atoms with Crippen LogP contribution in [0.5, 0.6) is 5.75 Å². The van der Waals surface area contributed by atoms with Gasteiger partial charge in [-0.3, -0.25) is 0 Å². The Morgan fingerprint density at radius 2 is 1.14 bits per heavy atom. The summed E-state index contributed by atoms with van der Waals surface area (Å²) in [5, 5.41) is 20.8. The van der Waals surface area contributed by atoms with Crippen LogP contribution in [0.25, 0.3) is 0 Å². The maximum Gasteiger partial charge on any atom is 0.184 e. The third-order valence-corrected chi connectivity index (χ3v) is 5.96. The molecule has 4 rings (SSSR count). The van der Waals surface area contributed by atoms with Crippen molar-refractivity contribution < 1.29 is 33.9 Å². The van der Waals surface area contributed by atoms with Crippen LogP contribution in [0.15, 0.2) is 84.9 Å². The minimum atomic E-state index is -1.28. The molecule has 2 N–H and O–H groups in total. The lowest BCUT2D eigenvalue weighted by Gasteiger charge is -2.44. The first kappa shape index (κ1) is 25.3. The standard InChI is InChI=1S/C28H32O7/c1-31-23-14-12-22(13-15-23)19-33-26-25(32-17-20-8-4-2-5-9-20)24(16-29)35-28(30)27(26)34-18-21-10-6-3-7-11-21/h2-15,24-30H,16-19H2,1H3/t24-,25-,26+,27-,28-/m1/s1. The molecule has 7 heteroatoms. The number of methoxy groups -OCH3 is 1. The molecule has 7 nitrogen and oxygen atoms in total. The molecule has 35 heavy (non-hydrogen) atoms. The summed E-state index contributed by atoms with van der Waals surface area (Å²) < 4.78 is 29.6. The Labute approximate surface area is 205 Å². The second kappa shape index (κ2) is 12.8. The highest BCUT2D eigenvalue weighted by atomic mass is 16.7. The van der Waals surface area contributed by atoms with Gasteiger partial charge in [0.15, 0.2) is 6.29 Å². The average Bonchev–Trinajstić information content (AvgIpc) is 2.91. The van der Waals surface area contributed by atoms with E-state index in [0.29, 0.717) is 6.61 Å². The van der Waals surface area contributed by atoms with Crippen LogP contribution in [0.4, 0.5) is 0 Å². The normalized spacial score (nSPS) is 24.3. The quantitative estimate of drug-likeness (QED) is 0.435. The number of hydrogen-bond acceptors (Lipinski definition) is 7. The van der Waals surface area contributed by atoms with Gasteiger partial charge in [0.1, 0.15) is 30.2 Å². The van der Waals surface area contributed by atoms with Crippen molar-refractivity contribution in [3.05, 3.63) is 102 Å². The maximum atomic E-state index is 10.8. The van der Waals surface area contributed by atoms with Crippen LogP contribution < -0.4 is 4.74 Å². The monoisotopic (exact) mass is 480 g/mol. The fourth-order valence-corrected chi connectivity index (χ4v) is 4.06. The van der Waals surface area contributed by atoms with Crippen LogP contribution in [0, 0.1) is 0 Å². The molecule has 1 heterocycles. The molecule has 186 valence electrons. The Morgan fingerprint density at radius 3 is 1.66 bits per heavy atom. The molecule has 5 atom stereocenters. The second-order valence-corrected chi connectivity index (χ2v) is 8.39. The van der Waals surface area contributed by atoms with Gasteiger partial charge < -0.3 is 33.9 Å². The Kier molecular flexibility index (Phi) is 9.25. The third-order valence-electron chi connectivity index (χ3n) is 5.96. The SMILES string of the molecule is COc1ccc(CO[C@@H]2[C@@H](OCc3ccccc3)[C@H](O)O[C@H](CO)[C@H]2OCc2ccccc2)cc1. The van der Waals surface area contributed by atoms with Crippen molar-refractivity contribution in [3.63, 3.8) is 0 Å². The van der Waals surface area contributed by atoms with Gasteiger partial charge in [0.2, 0.25) is 0 Å². The largest absolute Gasteiger partial charge is 0.497 e. The maximum absolute atomic E-state index is 10.8. The summed E-state index contributed by atoms with van der Waals surface area (Å²) in [5.74, 6) is 0.753. The summed E-state index contributed by atoms with van der Waals surface area (Å²) >= 11 is 0. The van der Waals surface area contributed by atoms with Crippen LogP contribution >= 0.6 is 0 Å². The average molecular weight is 481 g/mol. The van der Waals surface area contributed by atoms with E-state index in [1.807, 2.05) is 84.9 Å². The third kappa shape index (κ3) is 6.89. The molecule has 0 amide bonds. The van der Waals surface area contributed by atoms with Crippen molar-refractivity contribution in [1.82, 2.24) is 0 Å². The van der Waals surface area contributed by atoms with Crippen LogP contribution in [-0.2, 0) is 38.8 Å². The lowest BCUT2D eigenvalue weighted by molar-refractivity contribution is -0.315. The highest BCUT2D eigenvalue weighted by Gasteiger charge is 2.47. The molecule has 0 unspecified atom stereocenters. The van der Waals surface area contributed by atoms with Crippen LogP contribution in [0.2, 0.25) is 0 Å². The molecular weight excluding hydrogens is 448 g/mol. The van der Waals surface area contributed by atoms with Gasteiger partial charge in [-0.15, -0.1) is 0 Å². The zero-order valence-corrected chi connectivity index (χ0v) is 19.7. The van der Waals surface area contributed by atoms with Crippen LogP contribution in [0.1, 0.15) is 16.7 Å². The minimum absolute atomic E-state index is 0.260. The van der Waals surface area contributed by atoms with Crippen LogP contribution in [-0.4, -0.2) is 54.6 Å². The van der Waals surface area contributed by atoms with E-state index in [4.69, 9.17) is 23.7 Å². The molecule has 3 aromatic carbocycles. The Bertz CT molecular complexity index is 997. The molecule has 0 aromatic heterocycles. The molecule has 1 saturated heterocycles. The highest BCUT2D eigenvalue weighted by Crippen LogP contribution is 2.29. The molecule has 0 saturated carbocycles. The topological polar surface area (TPSA) is 86.6 Å². The lowest BCUT2D eigenvalue weighted by atomic mass is 9.98. The molecule has 3 aromatic rings. The van der Waals surface area contributed by atoms with Gasteiger partial charge in [-0.25, -0.2) is 0 Å². The van der Waals surface area contributed by atoms with Gasteiger partial charge in [-0.2, -0.15) is 0 Å². The summed E-state index contributed by atoms with van der Waals surface area (Å²) in [7, 11) is 1.62. The number of aliphatic hydroxyl groups is 2. The Balaban J connectivity index is 1.53. The molecular formula is C28H32O7. The van der Waals surface area contributed by atoms with E-state index in [1.165, 1.54) is 0 Å². The van der Waals surface area contributed by atoms with Gasteiger partial charge in [-0.05, 0) is 28.8 Å². The number of rotatable bonds is 11. The summed E-state index contributed by atoms with van der Waals surface area (Å²) in [6.45, 7) is 0.499. The minimum Gasteiger partial charge on any atom is -0.497 e. The molecule has 1 aliphatic heterocycles. The number of ether oxygens (including phenoxy) is 5. The molecule has 0 radical (unpaired) electrons. The highest BCUT2D eigenvalue weighted by molar-refractivity contribution is 5.26. The van der Waals surface area contributed by atoms with Crippen molar-refractivity contribution in [2.24, 2.45) is 0 Å². The predicted molar refractivity (Wildman–Crippen MR) is 130 cm³/mol. The molecule has 0 aliphatic carbocycles. The van der Waals surface area contributed by atoms with Crippen molar-refractivity contribution in [1.29, 1.82) is 0 Å². The summed E-state index contributed by atoms with van der Waals surface area (Å²) in [6, 6.07) is 27.0. The van der Waals surface area contributed by atoms with Gasteiger partial charge in [0.25, 0.3) is 0 Å². The first-order chi connectivity index (χ1) is 17.2. The van der Waals surface area contributed by atoms with E-state index in [-0.39, 0.29) is 19.8 Å².